The second-order valence-electron chi connectivity index (χ2n) is 7.62. The third kappa shape index (κ3) is 2.64. The van der Waals surface area contributed by atoms with Crippen LogP contribution in [0.5, 0.6) is 0 Å². The Morgan fingerprint density at radius 3 is 2.61 bits per heavy atom. The smallest absolute Gasteiger partial charge is 0.166 e. The first-order chi connectivity index (χ1) is 13.6. The van der Waals surface area contributed by atoms with E-state index < -0.39 is 0 Å². The minimum absolute atomic E-state index is 0.150. The van der Waals surface area contributed by atoms with E-state index >= 15 is 0 Å². The number of hydrogen-bond donors (Lipinski definition) is 0. The summed E-state index contributed by atoms with van der Waals surface area (Å²) in [6.07, 6.45) is 3.06. The van der Waals surface area contributed by atoms with Gasteiger partial charge in [0.05, 0.1) is 17.0 Å². The normalized spacial score (nSPS) is 16.4. The summed E-state index contributed by atoms with van der Waals surface area (Å²) in [7, 11) is 0. The van der Waals surface area contributed by atoms with Crippen LogP contribution in [0, 0.1) is 13.8 Å². The fourth-order valence-electron chi connectivity index (χ4n) is 4.31. The average molecular weight is 367 g/mol. The molecule has 0 bridgehead atoms. The number of Topliss-reactive ketones (excluding diaryl/α,β-unsaturated/α-hetero) is 1. The zero-order valence-corrected chi connectivity index (χ0v) is 16.0. The molecule has 0 radical (unpaired) electrons. The quantitative estimate of drug-likeness (QED) is 0.505. The molecule has 4 nitrogen and oxygen atoms in total. The predicted molar refractivity (Wildman–Crippen MR) is 110 cm³/mol. The van der Waals surface area contributed by atoms with Crippen molar-refractivity contribution in [1.29, 1.82) is 0 Å². The Hall–Kier alpha value is -3.27. The summed E-state index contributed by atoms with van der Waals surface area (Å²) in [6.45, 7) is 4.10. The number of carbonyl (C=O) groups is 1. The largest absolute Gasteiger partial charge is 0.294 e. The van der Waals surface area contributed by atoms with Crippen molar-refractivity contribution in [3.8, 4) is 11.1 Å². The van der Waals surface area contributed by atoms with Gasteiger partial charge in [-0.15, -0.1) is 0 Å². The van der Waals surface area contributed by atoms with E-state index in [9.17, 15) is 4.79 Å². The molecule has 0 fully saturated rings. The van der Waals surface area contributed by atoms with E-state index in [0.717, 1.165) is 34.6 Å². The van der Waals surface area contributed by atoms with Crippen molar-refractivity contribution in [2.75, 3.05) is 0 Å². The molecule has 0 saturated carbocycles. The first kappa shape index (κ1) is 16.9. The van der Waals surface area contributed by atoms with Crippen LogP contribution < -0.4 is 0 Å². The first-order valence-corrected chi connectivity index (χ1v) is 9.64. The molecule has 4 heteroatoms. The summed E-state index contributed by atoms with van der Waals surface area (Å²) in [5, 5.41) is 4.78. The van der Waals surface area contributed by atoms with Crippen molar-refractivity contribution in [3.05, 3.63) is 88.9 Å². The summed E-state index contributed by atoms with van der Waals surface area (Å²) in [5.74, 6) is 0.326. The number of carbonyl (C=O) groups excluding carboxylic acids is 1. The van der Waals surface area contributed by atoms with Crippen LogP contribution in [0.2, 0.25) is 0 Å². The van der Waals surface area contributed by atoms with Crippen molar-refractivity contribution in [2.45, 2.75) is 32.6 Å². The van der Waals surface area contributed by atoms with Crippen LogP contribution in [0.4, 0.5) is 0 Å². The maximum Gasteiger partial charge on any atom is 0.166 e. The molecule has 2 heterocycles. The first-order valence-electron chi connectivity index (χ1n) is 9.64. The Bertz CT molecular complexity index is 1210. The molecule has 4 aromatic rings. The Morgan fingerprint density at radius 1 is 1.00 bits per heavy atom. The highest BCUT2D eigenvalue weighted by molar-refractivity contribution is 5.99. The number of aryl methyl sites for hydroxylation is 2. The fraction of sp³-hybridized carbons (Fsp3) is 0.208. The summed E-state index contributed by atoms with van der Waals surface area (Å²) >= 11 is 0. The summed E-state index contributed by atoms with van der Waals surface area (Å²) in [5.41, 5.74) is 8.00. The summed E-state index contributed by atoms with van der Waals surface area (Å²) < 4.78 is 1.90. The van der Waals surface area contributed by atoms with E-state index in [-0.39, 0.29) is 11.7 Å². The highest BCUT2D eigenvalue weighted by Crippen LogP contribution is 2.35. The van der Waals surface area contributed by atoms with Gasteiger partial charge in [0.2, 0.25) is 0 Å². The maximum absolute atomic E-state index is 12.9. The second kappa shape index (κ2) is 6.41. The lowest BCUT2D eigenvalue weighted by molar-refractivity contribution is 0.0962. The van der Waals surface area contributed by atoms with Gasteiger partial charge in [-0.05, 0) is 37.3 Å². The third-order valence-electron chi connectivity index (χ3n) is 5.67. The Labute approximate surface area is 163 Å². The van der Waals surface area contributed by atoms with Gasteiger partial charge in [-0.25, -0.2) is 9.50 Å². The lowest BCUT2D eigenvalue weighted by atomic mass is 9.82. The van der Waals surface area contributed by atoms with Gasteiger partial charge < -0.3 is 0 Å². The number of rotatable bonds is 2. The number of fused-ring (bicyclic) bond motifs is 3. The van der Waals surface area contributed by atoms with Crippen molar-refractivity contribution in [1.82, 2.24) is 14.6 Å². The highest BCUT2D eigenvalue weighted by atomic mass is 16.1. The number of aromatic nitrogens is 3. The number of hydrogen-bond acceptors (Lipinski definition) is 3. The minimum atomic E-state index is 0.150. The van der Waals surface area contributed by atoms with Crippen molar-refractivity contribution in [3.63, 3.8) is 0 Å². The van der Waals surface area contributed by atoms with Crippen molar-refractivity contribution < 1.29 is 4.79 Å². The van der Waals surface area contributed by atoms with E-state index in [1.807, 2.05) is 29.6 Å². The van der Waals surface area contributed by atoms with Gasteiger partial charge in [-0.3, -0.25) is 4.79 Å². The minimum Gasteiger partial charge on any atom is -0.294 e. The van der Waals surface area contributed by atoms with Crippen molar-refractivity contribution in [2.24, 2.45) is 0 Å². The van der Waals surface area contributed by atoms with E-state index in [1.165, 1.54) is 11.1 Å². The molecular formula is C24H21N3O. The molecule has 0 aliphatic heterocycles. The molecule has 28 heavy (non-hydrogen) atoms. The summed E-state index contributed by atoms with van der Waals surface area (Å²) in [6, 6.07) is 18.7. The lowest BCUT2D eigenvalue weighted by Crippen LogP contribution is -2.22. The van der Waals surface area contributed by atoms with E-state index in [4.69, 9.17) is 5.10 Å². The van der Waals surface area contributed by atoms with Crippen LogP contribution in [0.25, 0.3) is 16.8 Å². The van der Waals surface area contributed by atoms with Crippen LogP contribution in [-0.4, -0.2) is 20.4 Å². The lowest BCUT2D eigenvalue weighted by Gasteiger charge is -2.24. The van der Waals surface area contributed by atoms with Gasteiger partial charge in [-0.2, -0.15) is 5.10 Å². The van der Waals surface area contributed by atoms with Crippen molar-refractivity contribution >= 4 is 11.4 Å². The van der Waals surface area contributed by atoms with Gasteiger partial charge in [0.1, 0.15) is 0 Å². The van der Waals surface area contributed by atoms with Gasteiger partial charge in [-0.1, -0.05) is 60.2 Å². The zero-order valence-electron chi connectivity index (χ0n) is 16.0. The van der Waals surface area contributed by atoms with Crippen LogP contribution in [0.1, 0.15) is 45.2 Å². The monoisotopic (exact) mass is 367 g/mol. The molecule has 0 saturated heterocycles. The molecule has 2 aromatic carbocycles. The second-order valence-corrected chi connectivity index (χ2v) is 7.62. The van der Waals surface area contributed by atoms with Gasteiger partial charge in [0.15, 0.2) is 11.4 Å². The maximum atomic E-state index is 12.9. The molecule has 138 valence electrons. The van der Waals surface area contributed by atoms with Gasteiger partial charge >= 0.3 is 0 Å². The topological polar surface area (TPSA) is 47.3 Å². The zero-order chi connectivity index (χ0) is 19.3. The molecular weight excluding hydrogens is 346 g/mol. The standard InChI is InChI=1S/C24H21N3O/c1-15-7-6-10-18(11-15)19-12-21-20(22(28)13-19)14-25-24-23(16(2)26-27(21)24)17-8-4-3-5-9-17/h3-11,14,19H,12-13H2,1-2H3. The third-order valence-corrected chi connectivity index (χ3v) is 5.67. The average Bonchev–Trinajstić information content (AvgIpc) is 3.05. The molecule has 1 aliphatic carbocycles. The molecule has 1 atom stereocenters. The van der Waals surface area contributed by atoms with E-state index in [2.05, 4.69) is 48.3 Å². The van der Waals surface area contributed by atoms with Gasteiger partial charge in [0.25, 0.3) is 0 Å². The molecule has 1 aliphatic rings. The van der Waals surface area contributed by atoms with Crippen LogP contribution in [0.15, 0.2) is 60.8 Å². The summed E-state index contributed by atoms with van der Waals surface area (Å²) in [4.78, 5) is 17.5. The van der Waals surface area contributed by atoms with Crippen LogP contribution in [0.3, 0.4) is 0 Å². The Morgan fingerprint density at radius 2 is 1.82 bits per heavy atom. The Kier molecular flexibility index (Phi) is 3.86. The fourth-order valence-corrected chi connectivity index (χ4v) is 4.31. The number of nitrogens with zero attached hydrogens (tertiary/aromatic N) is 3. The van der Waals surface area contributed by atoms with E-state index in [1.54, 1.807) is 6.20 Å². The Balaban J connectivity index is 1.67. The molecule has 1 unspecified atom stereocenters. The molecule has 2 aromatic heterocycles. The molecule has 0 spiro atoms. The van der Waals surface area contributed by atoms with Gasteiger partial charge in [0, 0.05) is 18.2 Å². The SMILES string of the molecule is Cc1cccc(C2CC(=O)c3cnc4c(-c5ccccc5)c(C)nn4c3C2)c1. The molecule has 0 amide bonds. The number of benzene rings is 2. The van der Waals surface area contributed by atoms with E-state index in [0.29, 0.717) is 12.0 Å². The highest BCUT2D eigenvalue weighted by Gasteiger charge is 2.30. The molecule has 5 rings (SSSR count). The predicted octanol–water partition coefficient (Wildman–Crippen LogP) is 4.93. The van der Waals surface area contributed by atoms with Crippen LogP contribution in [-0.2, 0) is 6.42 Å². The van der Waals surface area contributed by atoms with Crippen LogP contribution >= 0.6 is 0 Å². The molecule has 0 N–H and O–H groups in total. The number of ketones is 1.